The zero-order valence-corrected chi connectivity index (χ0v) is 17.8. The molecule has 2 N–H and O–H groups in total. The minimum absolute atomic E-state index is 0.371. The Hall–Kier alpha value is -1.70. The van der Waals surface area contributed by atoms with Crippen LogP contribution in [0.15, 0.2) is 29.4 Å². The largest absolute Gasteiger partial charge is 0.381 e. The van der Waals surface area contributed by atoms with Crippen LogP contribution in [-0.4, -0.2) is 74.0 Å². The predicted octanol–water partition coefficient (Wildman–Crippen LogP) is 2.19. The first-order chi connectivity index (χ1) is 14.3. The highest BCUT2D eigenvalue weighted by molar-refractivity contribution is 5.80. The lowest BCUT2D eigenvalue weighted by molar-refractivity contribution is -0.0318. The van der Waals surface area contributed by atoms with E-state index in [4.69, 9.17) is 14.5 Å². The summed E-state index contributed by atoms with van der Waals surface area (Å²) in [5, 5.41) is 7.00. The molecule has 2 aliphatic rings. The number of nitrogens with zero attached hydrogens (tertiary/aromatic N) is 3. The molecule has 1 aromatic rings. The van der Waals surface area contributed by atoms with E-state index in [9.17, 15) is 0 Å². The Kier molecular flexibility index (Phi) is 9.69. The van der Waals surface area contributed by atoms with E-state index in [0.717, 1.165) is 96.3 Å². The molecule has 0 atom stereocenters. The van der Waals surface area contributed by atoms with E-state index < -0.39 is 0 Å². The van der Waals surface area contributed by atoms with E-state index in [1.54, 1.807) is 0 Å². The van der Waals surface area contributed by atoms with Gasteiger partial charge in [-0.3, -0.25) is 14.9 Å². The Morgan fingerprint density at radius 3 is 2.79 bits per heavy atom. The zero-order valence-electron chi connectivity index (χ0n) is 17.8. The van der Waals surface area contributed by atoms with Crippen LogP contribution in [0.25, 0.3) is 0 Å². The van der Waals surface area contributed by atoms with Crippen LogP contribution >= 0.6 is 0 Å². The highest BCUT2D eigenvalue weighted by Gasteiger charge is 2.20. The third-order valence-corrected chi connectivity index (χ3v) is 5.48. The maximum atomic E-state index is 5.93. The van der Waals surface area contributed by atoms with Crippen LogP contribution < -0.4 is 10.6 Å². The quantitative estimate of drug-likeness (QED) is 0.374. The molecule has 0 unspecified atom stereocenters. The molecular weight excluding hydrogens is 366 g/mol. The fourth-order valence-corrected chi connectivity index (χ4v) is 3.82. The molecule has 0 saturated carbocycles. The molecule has 0 amide bonds. The van der Waals surface area contributed by atoms with E-state index in [1.165, 1.54) is 0 Å². The van der Waals surface area contributed by atoms with Crippen molar-refractivity contribution in [3.05, 3.63) is 30.1 Å². The average molecular weight is 404 g/mol. The third-order valence-electron chi connectivity index (χ3n) is 5.48. The molecule has 2 fully saturated rings. The lowest BCUT2D eigenvalue weighted by Crippen LogP contribution is -2.48. The van der Waals surface area contributed by atoms with Crippen molar-refractivity contribution in [3.63, 3.8) is 0 Å². The van der Waals surface area contributed by atoms with Gasteiger partial charge in [0.15, 0.2) is 5.96 Å². The Labute approximate surface area is 175 Å². The van der Waals surface area contributed by atoms with Gasteiger partial charge in [-0.15, -0.1) is 0 Å². The van der Waals surface area contributed by atoms with E-state index >= 15 is 0 Å². The summed E-state index contributed by atoms with van der Waals surface area (Å²) in [6.45, 7) is 9.34. The smallest absolute Gasteiger partial charge is 0.191 e. The highest BCUT2D eigenvalue weighted by Crippen LogP contribution is 2.13. The first-order valence-electron chi connectivity index (χ1n) is 11.2. The number of piperidine rings is 1. The normalized spacial score (nSPS) is 20.0. The number of guanidine groups is 1. The van der Waals surface area contributed by atoms with Crippen molar-refractivity contribution < 1.29 is 9.47 Å². The van der Waals surface area contributed by atoms with Crippen molar-refractivity contribution in [3.8, 4) is 0 Å². The van der Waals surface area contributed by atoms with Crippen LogP contribution in [0.2, 0.25) is 0 Å². The molecule has 0 aliphatic carbocycles. The summed E-state index contributed by atoms with van der Waals surface area (Å²) in [6.07, 6.45) is 7.50. The van der Waals surface area contributed by atoms with Gasteiger partial charge in [-0.2, -0.15) is 0 Å². The van der Waals surface area contributed by atoms with Crippen molar-refractivity contribution in [1.29, 1.82) is 0 Å². The molecule has 7 nitrogen and oxygen atoms in total. The van der Waals surface area contributed by atoms with Gasteiger partial charge in [0, 0.05) is 64.8 Å². The van der Waals surface area contributed by atoms with Crippen LogP contribution in [0, 0.1) is 0 Å². The summed E-state index contributed by atoms with van der Waals surface area (Å²) in [6, 6.07) is 6.61. The summed E-state index contributed by atoms with van der Waals surface area (Å²) >= 11 is 0. The molecule has 29 heavy (non-hydrogen) atoms. The Morgan fingerprint density at radius 1 is 1.24 bits per heavy atom. The molecule has 0 bridgehead atoms. The van der Waals surface area contributed by atoms with Crippen LogP contribution in [-0.2, 0) is 16.0 Å². The van der Waals surface area contributed by atoms with Crippen LogP contribution in [0.3, 0.4) is 0 Å². The first kappa shape index (κ1) is 22.0. The number of nitrogens with one attached hydrogen (secondary N) is 2. The molecule has 162 valence electrons. The maximum absolute atomic E-state index is 5.93. The molecule has 0 radical (unpaired) electrons. The lowest BCUT2D eigenvalue weighted by atomic mass is 10.0. The Bertz CT molecular complexity index is 584. The fraction of sp³-hybridized carbons (Fsp3) is 0.727. The van der Waals surface area contributed by atoms with Gasteiger partial charge in [-0.05, 0) is 51.2 Å². The number of aromatic nitrogens is 1. The van der Waals surface area contributed by atoms with Gasteiger partial charge in [-0.25, -0.2) is 0 Å². The zero-order chi connectivity index (χ0) is 20.2. The van der Waals surface area contributed by atoms with E-state index in [1.807, 2.05) is 12.3 Å². The summed E-state index contributed by atoms with van der Waals surface area (Å²) in [5.74, 6) is 0.932. The Balaban J connectivity index is 1.33. The minimum Gasteiger partial charge on any atom is -0.381 e. The number of likely N-dealkylation sites (tertiary alicyclic amines) is 1. The summed E-state index contributed by atoms with van der Waals surface area (Å²) in [5.41, 5.74) is 1.15. The molecular formula is C22H37N5O2. The average Bonchev–Trinajstić information content (AvgIpc) is 2.76. The molecule has 0 spiro atoms. The highest BCUT2D eigenvalue weighted by atomic mass is 16.5. The van der Waals surface area contributed by atoms with E-state index in [-0.39, 0.29) is 0 Å². The molecule has 7 heteroatoms. The third kappa shape index (κ3) is 8.28. The fourth-order valence-electron chi connectivity index (χ4n) is 3.82. The lowest BCUT2D eigenvalue weighted by Gasteiger charge is -2.32. The van der Waals surface area contributed by atoms with Gasteiger partial charge in [0.1, 0.15) is 0 Å². The molecule has 1 aromatic heterocycles. The maximum Gasteiger partial charge on any atom is 0.191 e. The number of pyridine rings is 1. The SMILES string of the molecule is CCNC(=NCCCOC1CCOCC1)NC1CCN(Cc2ccccn2)CC1. The van der Waals surface area contributed by atoms with Gasteiger partial charge in [0.05, 0.1) is 11.8 Å². The van der Waals surface area contributed by atoms with Gasteiger partial charge < -0.3 is 20.1 Å². The Morgan fingerprint density at radius 2 is 2.07 bits per heavy atom. The van der Waals surface area contributed by atoms with Gasteiger partial charge in [-0.1, -0.05) is 6.07 Å². The van der Waals surface area contributed by atoms with E-state index in [0.29, 0.717) is 12.1 Å². The second kappa shape index (κ2) is 12.8. The second-order valence-electron chi connectivity index (χ2n) is 7.81. The van der Waals surface area contributed by atoms with Crippen LogP contribution in [0.1, 0.15) is 44.7 Å². The number of aliphatic imine (C=N–C) groups is 1. The van der Waals surface area contributed by atoms with Crippen LogP contribution in [0.5, 0.6) is 0 Å². The van der Waals surface area contributed by atoms with Crippen molar-refractivity contribution in [1.82, 2.24) is 20.5 Å². The molecule has 0 aromatic carbocycles. The molecule has 3 heterocycles. The monoisotopic (exact) mass is 403 g/mol. The van der Waals surface area contributed by atoms with Gasteiger partial charge in [0.25, 0.3) is 0 Å². The van der Waals surface area contributed by atoms with Crippen molar-refractivity contribution in [2.24, 2.45) is 4.99 Å². The van der Waals surface area contributed by atoms with Crippen molar-refractivity contribution >= 4 is 5.96 Å². The number of hydrogen-bond acceptors (Lipinski definition) is 5. The van der Waals surface area contributed by atoms with E-state index in [2.05, 4.69) is 39.6 Å². The summed E-state index contributed by atoms with van der Waals surface area (Å²) < 4.78 is 11.3. The molecule has 2 aliphatic heterocycles. The van der Waals surface area contributed by atoms with Crippen LogP contribution in [0.4, 0.5) is 0 Å². The molecule has 2 saturated heterocycles. The summed E-state index contributed by atoms with van der Waals surface area (Å²) in [4.78, 5) is 11.7. The van der Waals surface area contributed by atoms with Crippen molar-refractivity contribution in [2.45, 2.75) is 57.7 Å². The predicted molar refractivity (Wildman–Crippen MR) is 116 cm³/mol. The first-order valence-corrected chi connectivity index (χ1v) is 11.2. The topological polar surface area (TPSA) is 71.0 Å². The van der Waals surface area contributed by atoms with Gasteiger partial charge >= 0.3 is 0 Å². The summed E-state index contributed by atoms with van der Waals surface area (Å²) in [7, 11) is 0. The number of ether oxygens (including phenoxy) is 2. The second-order valence-corrected chi connectivity index (χ2v) is 7.81. The number of hydrogen-bond donors (Lipinski definition) is 2. The minimum atomic E-state index is 0.371. The number of rotatable bonds is 9. The standard InChI is InChI=1S/C22H37N5O2/c1-2-23-22(25-12-5-15-29-21-9-16-28-17-10-21)26-19-7-13-27(14-8-19)18-20-6-3-4-11-24-20/h3-4,6,11,19,21H,2,5,7-10,12-18H2,1H3,(H2,23,25,26). The molecule has 3 rings (SSSR count). The van der Waals surface area contributed by atoms with Crippen molar-refractivity contribution in [2.75, 3.05) is 46.0 Å². The van der Waals surface area contributed by atoms with Gasteiger partial charge in [0.2, 0.25) is 0 Å².